The van der Waals surface area contributed by atoms with E-state index in [0.29, 0.717) is 0 Å². The van der Waals surface area contributed by atoms with Crippen molar-refractivity contribution < 1.29 is 24.3 Å². The predicted octanol–water partition coefficient (Wildman–Crippen LogP) is -1.35. The lowest BCUT2D eigenvalue weighted by Crippen LogP contribution is -2.48. The van der Waals surface area contributed by atoms with E-state index in [2.05, 4.69) is 16.0 Å². The minimum atomic E-state index is -0.994. The topological polar surface area (TPSA) is 125 Å². The largest absolute Gasteiger partial charge is 0.481 e. The van der Waals surface area contributed by atoms with Gasteiger partial charge in [0.25, 0.3) is 0 Å². The Bertz CT molecular complexity index is 383. The Kier molecular flexibility index (Phi) is 8.14. The van der Waals surface area contributed by atoms with E-state index >= 15 is 0 Å². The van der Waals surface area contributed by atoms with Crippen molar-refractivity contribution in [1.29, 1.82) is 0 Å². The lowest BCUT2D eigenvalue weighted by Gasteiger charge is -2.16. The zero-order valence-electron chi connectivity index (χ0n) is 11.9. The fourth-order valence-corrected chi connectivity index (χ4v) is 1.36. The van der Waals surface area contributed by atoms with E-state index < -0.39 is 29.9 Å². The van der Waals surface area contributed by atoms with Crippen LogP contribution in [0.15, 0.2) is 0 Å². The summed E-state index contributed by atoms with van der Waals surface area (Å²) in [7, 11) is 1.53. The van der Waals surface area contributed by atoms with E-state index in [1.165, 1.54) is 14.0 Å². The molecule has 4 N–H and O–H groups in total. The molecule has 2 atom stereocenters. The summed E-state index contributed by atoms with van der Waals surface area (Å²) in [5.41, 5.74) is 0. The molecule has 0 spiro atoms. The molecule has 0 aromatic carbocycles. The number of carbonyl (C=O) groups excluding carboxylic acids is 3. The number of hydrogen-bond acceptors (Lipinski definition) is 5. The molecule has 0 aromatic heterocycles. The van der Waals surface area contributed by atoms with Crippen LogP contribution in [0.25, 0.3) is 0 Å². The molecular formula is C12H21N3O5. The van der Waals surface area contributed by atoms with Crippen LogP contribution in [0.4, 0.5) is 0 Å². The molecule has 0 fully saturated rings. The maximum atomic E-state index is 11.7. The number of Topliss-reactive ketones (excluding diaryl/α,β-unsaturated/α-hetero) is 1. The second-order valence-electron chi connectivity index (χ2n) is 4.39. The van der Waals surface area contributed by atoms with Gasteiger partial charge in [0.05, 0.1) is 18.6 Å². The number of hydrogen-bond donors (Lipinski definition) is 4. The summed E-state index contributed by atoms with van der Waals surface area (Å²) in [6.07, 6.45) is -0.0182. The maximum Gasteiger partial charge on any atom is 0.303 e. The molecule has 0 aliphatic carbocycles. The number of nitrogens with one attached hydrogen (secondary N) is 3. The van der Waals surface area contributed by atoms with Crippen molar-refractivity contribution in [3.63, 3.8) is 0 Å². The summed E-state index contributed by atoms with van der Waals surface area (Å²) in [6, 6.07) is -1.28. The number of ketones is 1. The van der Waals surface area contributed by atoms with E-state index in [0.717, 1.165) is 0 Å². The van der Waals surface area contributed by atoms with Gasteiger partial charge in [0.15, 0.2) is 5.78 Å². The van der Waals surface area contributed by atoms with E-state index in [4.69, 9.17) is 5.11 Å². The standard InChI is InChI=1S/C12H21N3O5/c1-7(8(2)16)15-10(17)6-14-12(20)9(13-3)4-5-11(18)19/h7,9,13H,4-6H2,1-3H3,(H,14,20)(H,15,17)(H,18,19)/t7-,9-/m0/s1. The lowest BCUT2D eigenvalue weighted by molar-refractivity contribution is -0.137. The van der Waals surface area contributed by atoms with Gasteiger partial charge < -0.3 is 21.1 Å². The van der Waals surface area contributed by atoms with E-state index in [1.54, 1.807) is 6.92 Å². The summed E-state index contributed by atoms with van der Waals surface area (Å²) in [5, 5.41) is 16.0. The molecule has 8 heteroatoms. The van der Waals surface area contributed by atoms with Gasteiger partial charge in [-0.2, -0.15) is 0 Å². The highest BCUT2D eigenvalue weighted by Crippen LogP contribution is 1.97. The Morgan fingerprint density at radius 2 is 1.80 bits per heavy atom. The van der Waals surface area contributed by atoms with Crippen molar-refractivity contribution in [3.05, 3.63) is 0 Å². The van der Waals surface area contributed by atoms with Crippen LogP contribution in [-0.2, 0) is 19.2 Å². The van der Waals surface area contributed by atoms with Crippen molar-refractivity contribution in [3.8, 4) is 0 Å². The number of carbonyl (C=O) groups is 4. The maximum absolute atomic E-state index is 11.7. The van der Waals surface area contributed by atoms with Gasteiger partial charge in [-0.3, -0.25) is 19.2 Å². The second-order valence-corrected chi connectivity index (χ2v) is 4.39. The van der Waals surface area contributed by atoms with Crippen molar-refractivity contribution in [2.45, 2.75) is 38.8 Å². The molecule has 0 radical (unpaired) electrons. The average Bonchev–Trinajstić information content (AvgIpc) is 2.36. The molecule has 8 nitrogen and oxygen atoms in total. The third-order valence-electron chi connectivity index (χ3n) is 2.72. The van der Waals surface area contributed by atoms with Crippen molar-refractivity contribution in [2.24, 2.45) is 0 Å². The van der Waals surface area contributed by atoms with E-state index in [9.17, 15) is 19.2 Å². The Morgan fingerprint density at radius 1 is 1.20 bits per heavy atom. The minimum Gasteiger partial charge on any atom is -0.481 e. The molecule has 20 heavy (non-hydrogen) atoms. The molecule has 0 rings (SSSR count). The van der Waals surface area contributed by atoms with Crippen molar-refractivity contribution >= 4 is 23.6 Å². The summed E-state index contributed by atoms with van der Waals surface area (Å²) in [5.74, 6) is -2.11. The summed E-state index contributed by atoms with van der Waals surface area (Å²) >= 11 is 0. The molecule has 0 unspecified atom stereocenters. The quantitative estimate of drug-likeness (QED) is 0.415. The summed E-state index contributed by atoms with van der Waals surface area (Å²) in [6.45, 7) is 2.64. The van der Waals surface area contributed by atoms with Crippen LogP contribution >= 0.6 is 0 Å². The van der Waals surface area contributed by atoms with Gasteiger partial charge in [0, 0.05) is 6.42 Å². The van der Waals surface area contributed by atoms with Gasteiger partial charge in [-0.1, -0.05) is 0 Å². The molecule has 0 saturated heterocycles. The zero-order valence-corrected chi connectivity index (χ0v) is 11.9. The van der Waals surface area contributed by atoms with Gasteiger partial charge in [-0.05, 0) is 27.3 Å². The number of aliphatic carboxylic acids is 1. The molecule has 0 aliphatic heterocycles. The first-order valence-corrected chi connectivity index (χ1v) is 6.24. The highest BCUT2D eigenvalue weighted by molar-refractivity contribution is 5.90. The van der Waals surface area contributed by atoms with Gasteiger partial charge in [-0.25, -0.2) is 0 Å². The highest BCUT2D eigenvalue weighted by Gasteiger charge is 2.18. The van der Waals surface area contributed by atoms with E-state index in [1.807, 2.05) is 0 Å². The first kappa shape index (κ1) is 18.0. The summed E-state index contributed by atoms with van der Waals surface area (Å²) in [4.78, 5) is 44.5. The van der Waals surface area contributed by atoms with Crippen LogP contribution in [0.1, 0.15) is 26.7 Å². The second kappa shape index (κ2) is 9.03. The van der Waals surface area contributed by atoms with Gasteiger partial charge >= 0.3 is 5.97 Å². The van der Waals surface area contributed by atoms with Gasteiger partial charge in [-0.15, -0.1) is 0 Å². The Labute approximate surface area is 117 Å². The van der Waals surface area contributed by atoms with Crippen LogP contribution in [-0.4, -0.2) is 54.3 Å². The Balaban J connectivity index is 4.15. The molecule has 0 aromatic rings. The first-order valence-electron chi connectivity index (χ1n) is 6.24. The van der Waals surface area contributed by atoms with Gasteiger partial charge in [0.1, 0.15) is 0 Å². The Hall–Kier alpha value is -1.96. The molecular weight excluding hydrogens is 266 g/mol. The third kappa shape index (κ3) is 7.47. The molecule has 2 amide bonds. The van der Waals surface area contributed by atoms with Crippen molar-refractivity contribution in [2.75, 3.05) is 13.6 Å². The number of carboxylic acid groups (broad SMARTS) is 1. The molecule has 114 valence electrons. The molecule has 0 bridgehead atoms. The summed E-state index contributed by atoms with van der Waals surface area (Å²) < 4.78 is 0. The first-order chi connectivity index (χ1) is 9.27. The normalized spacial score (nSPS) is 13.2. The smallest absolute Gasteiger partial charge is 0.303 e. The van der Waals surface area contributed by atoms with Crippen LogP contribution in [0, 0.1) is 0 Å². The molecule has 0 aliphatic rings. The monoisotopic (exact) mass is 287 g/mol. The highest BCUT2D eigenvalue weighted by atomic mass is 16.4. The number of rotatable bonds is 9. The van der Waals surface area contributed by atoms with E-state index in [-0.39, 0.29) is 25.2 Å². The zero-order chi connectivity index (χ0) is 15.7. The Morgan fingerprint density at radius 3 is 2.25 bits per heavy atom. The molecule has 0 saturated carbocycles. The predicted molar refractivity (Wildman–Crippen MR) is 71.0 cm³/mol. The van der Waals surface area contributed by atoms with Crippen molar-refractivity contribution in [1.82, 2.24) is 16.0 Å². The van der Waals surface area contributed by atoms with Crippen LogP contribution < -0.4 is 16.0 Å². The fraction of sp³-hybridized carbons (Fsp3) is 0.667. The van der Waals surface area contributed by atoms with Crippen LogP contribution in [0.2, 0.25) is 0 Å². The third-order valence-corrected chi connectivity index (χ3v) is 2.72. The SMILES string of the molecule is CN[C@@H](CCC(=O)O)C(=O)NCC(=O)N[C@@H](C)C(C)=O. The van der Waals surface area contributed by atoms with Gasteiger partial charge in [0.2, 0.25) is 11.8 Å². The van der Waals surface area contributed by atoms with Crippen LogP contribution in [0.5, 0.6) is 0 Å². The number of carboxylic acids is 1. The fourth-order valence-electron chi connectivity index (χ4n) is 1.36. The number of amides is 2. The van der Waals surface area contributed by atoms with Crippen LogP contribution in [0.3, 0.4) is 0 Å². The number of likely N-dealkylation sites (N-methyl/N-ethyl adjacent to an activating group) is 1. The lowest BCUT2D eigenvalue weighted by atomic mass is 10.1. The minimum absolute atomic E-state index is 0.128. The average molecular weight is 287 g/mol. The molecule has 0 heterocycles.